The fourth-order valence-electron chi connectivity index (χ4n) is 5.31. The van der Waals surface area contributed by atoms with Gasteiger partial charge in [-0.05, 0) is 59.7 Å². The molecular weight excluding hydrogens is 877 g/mol. The molecule has 0 radical (unpaired) electrons. The highest BCUT2D eigenvalue weighted by atomic mass is 32.2. The normalized spacial score (nSPS) is 14.1. The van der Waals surface area contributed by atoms with Crippen LogP contribution >= 0.6 is 11.8 Å². The van der Waals surface area contributed by atoms with Crippen molar-refractivity contribution in [3.8, 4) is 0 Å². The summed E-state index contributed by atoms with van der Waals surface area (Å²) in [4.78, 5) is 73.7. The first-order chi connectivity index (χ1) is 28.8. The second kappa shape index (κ2) is 25.8. The summed E-state index contributed by atoms with van der Waals surface area (Å²) >= 11 is 1.61. The van der Waals surface area contributed by atoms with Crippen LogP contribution in [0.5, 0.6) is 0 Å². The van der Waals surface area contributed by atoms with Crippen molar-refractivity contribution in [2.45, 2.75) is 56.4 Å². The fraction of sp³-hybridized carbons (Fsp3) is 0.432. The number of esters is 1. The molecule has 1 aliphatic heterocycles. The van der Waals surface area contributed by atoms with E-state index in [-0.39, 0.29) is 30.9 Å². The average Bonchev–Trinajstić information content (AvgIpc) is 3.66. The lowest BCUT2D eigenvalue weighted by Gasteiger charge is -2.31. The van der Waals surface area contributed by atoms with E-state index < -0.39 is 48.4 Å². The number of nitrogens with zero attached hydrogens (tertiary/aromatic N) is 3. The Kier molecular flexibility index (Phi) is 22.6. The zero-order valence-corrected chi connectivity index (χ0v) is 33.5. The van der Waals surface area contributed by atoms with Crippen LogP contribution in [0, 0.1) is 0 Å². The number of pyridine rings is 1. The van der Waals surface area contributed by atoms with Gasteiger partial charge < -0.3 is 35.6 Å². The number of aliphatic carboxylic acids is 3. The van der Waals surface area contributed by atoms with E-state index in [0.29, 0.717) is 31.9 Å². The minimum Gasteiger partial charge on any atom is -0.475 e. The standard InChI is InChI=1S/C31H39N5O4S.3C2HF3O2/c1-40-31(39)27(15-18-41-2)34-29(37)22-35(20-24-11-7-10-23-9-3-4-13-26(23)24)21-25-12-8-17-36(25)30(38)19-33-28-14-5-6-16-32-28;3*3-2(4,5)1(6)7/h3-7,9-11,13-14,16,25,27H,8,12,15,17-22H2,1-2H3,(H,32,33)(H,34,37);3*(H,6,7)/t25-,27?;;;/m0.../s1. The SMILES string of the molecule is COC(=O)C(CCSC)NC(=O)CN(Cc1cccc2ccccc12)C[C@@H]1CCCN1C(=O)CNc1ccccn1.O=C(O)C(F)(F)F.O=C(O)C(F)(F)F.O=C(O)C(F)(F)F. The van der Waals surface area contributed by atoms with Gasteiger partial charge in [-0.2, -0.15) is 51.3 Å². The summed E-state index contributed by atoms with van der Waals surface area (Å²) in [6.45, 7) is 2.02. The number of amides is 2. The zero-order chi connectivity index (χ0) is 47.3. The summed E-state index contributed by atoms with van der Waals surface area (Å²) in [6, 6.07) is 19.2. The molecule has 25 heteroatoms. The topological polar surface area (TPSA) is 216 Å². The Hall–Kier alpha value is -5.85. The number of fused-ring (bicyclic) bond motifs is 1. The highest BCUT2D eigenvalue weighted by molar-refractivity contribution is 7.98. The number of likely N-dealkylation sites (tertiary alicyclic amines) is 1. The van der Waals surface area contributed by atoms with Crippen LogP contribution < -0.4 is 10.6 Å². The maximum atomic E-state index is 13.3. The van der Waals surface area contributed by atoms with E-state index in [0.717, 1.165) is 34.9 Å². The fourth-order valence-corrected chi connectivity index (χ4v) is 5.78. The predicted octanol–water partition coefficient (Wildman–Crippen LogP) is 5.45. The van der Waals surface area contributed by atoms with Crippen LogP contribution in [0.3, 0.4) is 0 Å². The molecule has 0 spiro atoms. The van der Waals surface area contributed by atoms with E-state index in [4.69, 9.17) is 34.4 Å². The van der Waals surface area contributed by atoms with E-state index in [9.17, 15) is 53.9 Å². The molecule has 62 heavy (non-hydrogen) atoms. The summed E-state index contributed by atoms with van der Waals surface area (Å²) in [6.07, 6.45) is -9.33. The highest BCUT2D eigenvalue weighted by Crippen LogP contribution is 2.23. The molecule has 0 saturated carbocycles. The number of carbonyl (C=O) groups is 6. The second-order valence-corrected chi connectivity index (χ2v) is 13.6. The lowest BCUT2D eigenvalue weighted by Crippen LogP contribution is -2.49. The van der Waals surface area contributed by atoms with Crippen molar-refractivity contribution in [2.24, 2.45) is 0 Å². The van der Waals surface area contributed by atoms with Crippen molar-refractivity contribution >= 4 is 64.0 Å². The summed E-state index contributed by atoms with van der Waals surface area (Å²) < 4.78 is 100. The Balaban J connectivity index is 0.000000751. The molecule has 344 valence electrons. The number of hydrogen-bond donors (Lipinski definition) is 5. The molecule has 4 rings (SSSR count). The number of alkyl halides is 9. The third-order valence-electron chi connectivity index (χ3n) is 8.05. The zero-order valence-electron chi connectivity index (χ0n) is 32.7. The largest absolute Gasteiger partial charge is 0.490 e. The molecule has 1 fully saturated rings. The molecular formula is C37H42F9N5O10S. The number of carbonyl (C=O) groups excluding carboxylic acids is 3. The van der Waals surface area contributed by atoms with Crippen molar-refractivity contribution in [3.63, 3.8) is 0 Å². The van der Waals surface area contributed by atoms with Crippen molar-refractivity contribution in [1.82, 2.24) is 20.1 Å². The van der Waals surface area contributed by atoms with Gasteiger partial charge in [0.25, 0.3) is 0 Å². The highest BCUT2D eigenvalue weighted by Gasteiger charge is 2.39. The smallest absolute Gasteiger partial charge is 0.475 e. The third kappa shape index (κ3) is 20.6. The molecule has 1 aliphatic rings. The van der Waals surface area contributed by atoms with Gasteiger partial charge in [-0.3, -0.25) is 14.5 Å². The Labute approximate surface area is 351 Å². The number of anilines is 1. The number of aromatic nitrogens is 1. The van der Waals surface area contributed by atoms with Crippen molar-refractivity contribution in [3.05, 3.63) is 72.4 Å². The minimum absolute atomic E-state index is 0.00976. The van der Waals surface area contributed by atoms with Gasteiger partial charge >= 0.3 is 42.4 Å². The Morgan fingerprint density at radius 2 is 1.40 bits per heavy atom. The van der Waals surface area contributed by atoms with Gasteiger partial charge in [0.1, 0.15) is 11.9 Å². The number of ether oxygens (including phenoxy) is 1. The first-order valence-corrected chi connectivity index (χ1v) is 19.1. The third-order valence-corrected chi connectivity index (χ3v) is 8.70. The first-order valence-electron chi connectivity index (χ1n) is 17.7. The number of nitrogens with one attached hydrogen (secondary N) is 2. The number of carboxylic acids is 3. The summed E-state index contributed by atoms with van der Waals surface area (Å²) in [5, 5.41) is 29.6. The van der Waals surface area contributed by atoms with Crippen LogP contribution in [-0.2, 0) is 40.0 Å². The number of rotatable bonds is 14. The Morgan fingerprint density at radius 1 is 0.855 bits per heavy atom. The number of hydrogen-bond acceptors (Lipinski definition) is 11. The van der Waals surface area contributed by atoms with Crippen molar-refractivity contribution in [1.29, 1.82) is 0 Å². The van der Waals surface area contributed by atoms with Gasteiger partial charge in [-0.15, -0.1) is 0 Å². The second-order valence-electron chi connectivity index (χ2n) is 12.6. The van der Waals surface area contributed by atoms with Crippen molar-refractivity contribution < 1.29 is 88.3 Å². The van der Waals surface area contributed by atoms with E-state index in [1.54, 1.807) is 18.0 Å². The molecule has 15 nitrogen and oxygen atoms in total. The predicted molar refractivity (Wildman–Crippen MR) is 205 cm³/mol. The van der Waals surface area contributed by atoms with Gasteiger partial charge in [0.2, 0.25) is 11.8 Å². The van der Waals surface area contributed by atoms with Crippen LogP contribution in [-0.4, -0.2) is 142 Å². The van der Waals surface area contributed by atoms with Crippen LogP contribution in [0.1, 0.15) is 24.8 Å². The quantitative estimate of drug-likeness (QED) is 0.101. The number of thioether (sulfide) groups is 1. The van der Waals surface area contributed by atoms with Gasteiger partial charge in [-0.1, -0.05) is 48.5 Å². The first kappa shape index (κ1) is 54.2. The molecule has 1 aromatic heterocycles. The molecule has 0 bridgehead atoms. The molecule has 0 aliphatic carbocycles. The van der Waals surface area contributed by atoms with E-state index in [2.05, 4.69) is 44.8 Å². The average molecular weight is 920 g/mol. The maximum Gasteiger partial charge on any atom is 0.490 e. The molecule has 2 heterocycles. The molecule has 1 unspecified atom stereocenters. The minimum atomic E-state index is -5.08. The van der Waals surface area contributed by atoms with E-state index in [1.165, 1.54) is 7.11 Å². The summed E-state index contributed by atoms with van der Waals surface area (Å²) in [5.41, 5.74) is 1.11. The monoisotopic (exact) mass is 919 g/mol. The van der Waals surface area contributed by atoms with E-state index >= 15 is 0 Å². The summed E-state index contributed by atoms with van der Waals surface area (Å²) in [7, 11) is 1.34. The van der Waals surface area contributed by atoms with Crippen molar-refractivity contribution in [2.75, 3.05) is 50.6 Å². The van der Waals surface area contributed by atoms with Gasteiger partial charge in [0.15, 0.2) is 0 Å². The maximum absolute atomic E-state index is 13.3. The molecule has 2 aromatic carbocycles. The van der Waals surface area contributed by atoms with Crippen LogP contribution in [0.2, 0.25) is 0 Å². The van der Waals surface area contributed by atoms with Gasteiger partial charge in [0, 0.05) is 31.9 Å². The Bertz CT molecular complexity index is 1860. The Morgan fingerprint density at radius 3 is 1.92 bits per heavy atom. The van der Waals surface area contributed by atoms with Crippen LogP contribution in [0.15, 0.2) is 66.9 Å². The van der Waals surface area contributed by atoms with E-state index in [1.807, 2.05) is 47.6 Å². The van der Waals surface area contributed by atoms with Gasteiger partial charge in [-0.25, -0.2) is 24.2 Å². The molecule has 5 N–H and O–H groups in total. The number of benzene rings is 2. The molecule has 2 atom stereocenters. The summed E-state index contributed by atoms with van der Waals surface area (Å²) in [5.74, 6) is -7.56. The lowest BCUT2D eigenvalue weighted by molar-refractivity contribution is -0.193. The number of methoxy groups -OCH3 is 1. The molecule has 3 aromatic rings. The number of carboxylic acid groups (broad SMARTS) is 3. The molecule has 2 amide bonds. The molecule has 1 saturated heterocycles. The number of halogens is 9. The van der Waals surface area contributed by atoms with Crippen LogP contribution in [0.25, 0.3) is 10.8 Å². The van der Waals surface area contributed by atoms with Crippen LogP contribution in [0.4, 0.5) is 45.3 Å². The lowest BCUT2D eigenvalue weighted by atomic mass is 10.0. The van der Waals surface area contributed by atoms with Gasteiger partial charge in [0.05, 0.1) is 20.2 Å².